The van der Waals surface area contributed by atoms with E-state index >= 15 is 0 Å². The van der Waals surface area contributed by atoms with Crippen molar-refractivity contribution < 1.29 is 102 Å². The topological polar surface area (TPSA) is 198 Å². The smallest absolute Gasteiger partial charge is 0.768 e. The summed E-state index contributed by atoms with van der Waals surface area (Å²) in [6.07, 6.45) is 0. The summed E-state index contributed by atoms with van der Waals surface area (Å²) in [5, 5.41) is 10.1. The predicted molar refractivity (Wildman–Crippen MR) is 69.8 cm³/mol. The van der Waals surface area contributed by atoms with Gasteiger partial charge in [-0.15, -0.1) is 0 Å². The first kappa shape index (κ1) is 37.9. The number of carbonyl (C=O) groups is 1. The van der Waals surface area contributed by atoms with Crippen molar-refractivity contribution in [3.63, 3.8) is 0 Å². The SMILES string of the molecule is O=C(O)C(F)(F)S(=O)[O-].O=S([O-])C(F)(F)CO.O=S([O-])C(F)(F)CO.[CH3+].[Na+]. The van der Waals surface area contributed by atoms with Crippen LogP contribution in [0.2, 0.25) is 0 Å². The molecule has 0 rings (SSSR count). The van der Waals surface area contributed by atoms with Gasteiger partial charge in [0.1, 0.15) is 13.2 Å². The van der Waals surface area contributed by atoms with E-state index in [1.54, 1.807) is 0 Å². The molecule has 3 unspecified atom stereocenters. The first-order valence-electron chi connectivity index (χ1n) is 4.76. The maximum absolute atomic E-state index is 11.5. The zero-order valence-corrected chi connectivity index (χ0v) is 17.6. The Morgan fingerprint density at radius 3 is 1.00 bits per heavy atom. The van der Waals surface area contributed by atoms with Crippen molar-refractivity contribution in [2.24, 2.45) is 0 Å². The number of rotatable bonds is 6. The van der Waals surface area contributed by atoms with Gasteiger partial charge in [-0.25, -0.2) is 4.79 Å². The summed E-state index contributed by atoms with van der Waals surface area (Å²) < 4.78 is 125. The summed E-state index contributed by atoms with van der Waals surface area (Å²) in [5.41, 5.74) is 0. The molecule has 0 radical (unpaired) electrons. The van der Waals surface area contributed by atoms with Gasteiger partial charge in [-0.3, -0.25) is 12.6 Å². The number of carboxylic acids is 1. The van der Waals surface area contributed by atoms with Gasteiger partial charge in [0.2, 0.25) is 0 Å². The van der Waals surface area contributed by atoms with Gasteiger partial charge in [0, 0.05) is 40.7 Å². The van der Waals surface area contributed by atoms with Crippen LogP contribution in [0.4, 0.5) is 26.3 Å². The van der Waals surface area contributed by atoms with Gasteiger partial charge in [-0.1, -0.05) is 0 Å². The van der Waals surface area contributed by atoms with Crippen LogP contribution >= 0.6 is 0 Å². The quantitative estimate of drug-likeness (QED) is 0.143. The van der Waals surface area contributed by atoms with Crippen LogP contribution < -0.4 is 29.6 Å². The third-order valence-electron chi connectivity index (χ3n) is 1.31. The van der Waals surface area contributed by atoms with E-state index in [9.17, 15) is 57.4 Å². The molecule has 0 aliphatic heterocycles. The average molecular weight is 487 g/mol. The molecule has 0 aromatic rings. The maximum atomic E-state index is 11.5. The van der Waals surface area contributed by atoms with Crippen molar-refractivity contribution in [2.45, 2.75) is 15.8 Å². The van der Waals surface area contributed by atoms with Gasteiger partial charge < -0.3 is 29.0 Å². The number of aliphatic hydroxyl groups excluding tert-OH is 2. The van der Waals surface area contributed by atoms with Gasteiger partial charge in [0.05, 0.1) is 0 Å². The van der Waals surface area contributed by atoms with E-state index in [1.165, 1.54) is 0 Å². The van der Waals surface area contributed by atoms with Crippen LogP contribution in [0, 0.1) is 7.43 Å². The number of hydrogen-bond donors (Lipinski definition) is 3. The first-order valence-corrected chi connectivity index (χ1v) is 7.99. The third-order valence-corrected chi connectivity index (χ3v) is 3.14. The fourth-order valence-electron chi connectivity index (χ4n) is 0.177. The molecular formula is C7H10F6NaO10S3-. The summed E-state index contributed by atoms with van der Waals surface area (Å²) in [6, 6.07) is 0. The molecule has 0 aromatic carbocycles. The Kier molecular flexibility index (Phi) is 22.5. The Morgan fingerprint density at radius 1 is 0.778 bits per heavy atom. The summed E-state index contributed by atoms with van der Waals surface area (Å²) in [4.78, 5) is 9.32. The Hall–Kier alpha value is 0.170. The molecule has 3 atom stereocenters. The second-order valence-electron chi connectivity index (χ2n) is 3.12. The van der Waals surface area contributed by atoms with E-state index < -0.39 is 68.2 Å². The molecular weight excluding hydrogens is 477 g/mol. The normalized spacial score (nSPS) is 14.5. The second kappa shape index (κ2) is 16.0. The number of alkyl halides is 6. The zero-order valence-electron chi connectivity index (χ0n) is 13.1. The van der Waals surface area contributed by atoms with Gasteiger partial charge in [-0.2, -0.15) is 26.3 Å². The average Bonchev–Trinajstić information content (AvgIpc) is 2.47. The minimum absolute atomic E-state index is 0. The Morgan fingerprint density at radius 2 is 1.00 bits per heavy atom. The molecule has 0 heterocycles. The van der Waals surface area contributed by atoms with Crippen LogP contribution in [0.1, 0.15) is 0 Å². The second-order valence-corrected chi connectivity index (χ2v) is 6.23. The Bertz CT molecular complexity index is 466. The zero-order chi connectivity index (χ0) is 21.2. The van der Waals surface area contributed by atoms with Crippen molar-refractivity contribution in [1.29, 1.82) is 0 Å². The van der Waals surface area contributed by atoms with Crippen molar-refractivity contribution in [2.75, 3.05) is 13.2 Å². The summed E-state index contributed by atoms with van der Waals surface area (Å²) in [7, 11) is 0. The molecule has 0 bridgehead atoms. The van der Waals surface area contributed by atoms with Crippen LogP contribution in [0.3, 0.4) is 0 Å². The monoisotopic (exact) mass is 487 g/mol. The largest absolute Gasteiger partial charge is 1.00 e. The first-order chi connectivity index (χ1) is 10.9. The van der Waals surface area contributed by atoms with E-state index in [0.29, 0.717) is 0 Å². The molecule has 10 nitrogen and oxygen atoms in total. The van der Waals surface area contributed by atoms with E-state index in [1.807, 2.05) is 0 Å². The van der Waals surface area contributed by atoms with Crippen LogP contribution in [-0.2, 0) is 38.0 Å². The molecule has 0 fully saturated rings. The molecule has 160 valence electrons. The Labute approximate surface area is 177 Å². The van der Waals surface area contributed by atoms with Crippen molar-refractivity contribution in [1.82, 2.24) is 0 Å². The van der Waals surface area contributed by atoms with Crippen LogP contribution in [-0.4, -0.2) is 76.6 Å². The van der Waals surface area contributed by atoms with Gasteiger partial charge in [-0.05, 0) is 0 Å². The van der Waals surface area contributed by atoms with E-state index in [2.05, 4.69) is 0 Å². The molecule has 0 saturated heterocycles. The maximum Gasteiger partial charge on any atom is 1.00 e. The van der Waals surface area contributed by atoms with E-state index in [0.717, 1.165) is 0 Å². The van der Waals surface area contributed by atoms with Crippen LogP contribution in [0.15, 0.2) is 0 Å². The molecule has 3 N–H and O–H groups in total. The molecule has 20 heteroatoms. The van der Waals surface area contributed by atoms with Crippen molar-refractivity contribution in [3.8, 4) is 0 Å². The van der Waals surface area contributed by atoms with Gasteiger partial charge >= 0.3 is 51.3 Å². The van der Waals surface area contributed by atoms with Crippen LogP contribution in [0.25, 0.3) is 0 Å². The number of hydrogen-bond acceptors (Lipinski definition) is 9. The van der Waals surface area contributed by atoms with Crippen LogP contribution in [0.5, 0.6) is 0 Å². The predicted octanol–water partition coefficient (Wildman–Crippen LogP) is -4.10. The van der Waals surface area contributed by atoms with E-state index in [4.69, 9.17) is 15.3 Å². The van der Waals surface area contributed by atoms with E-state index in [-0.39, 0.29) is 37.0 Å². The van der Waals surface area contributed by atoms with Gasteiger partial charge in [0.15, 0.2) is 0 Å². The molecule has 0 spiro atoms. The molecule has 0 aliphatic carbocycles. The molecule has 27 heavy (non-hydrogen) atoms. The molecule has 0 aromatic heterocycles. The molecule has 0 aliphatic rings. The molecule has 0 saturated carbocycles. The fourth-order valence-corrected chi connectivity index (χ4v) is 0.530. The minimum atomic E-state index is -4.67. The standard InChI is InChI=1S/C2H2F2O4S.2C2H4F2O3S.CH3.Na/c3-2(4,1(5)6)9(7)8;2*3-2(4,1-5)8(6)7;;/h(H,5,6)(H,7,8);2*5H,1H2,(H,6,7);1H3;/q;;;2*+1/p-3. The summed E-state index contributed by atoms with van der Waals surface area (Å²) in [5.74, 6) is -2.67. The van der Waals surface area contributed by atoms with Crippen molar-refractivity contribution in [3.05, 3.63) is 7.43 Å². The number of aliphatic hydroxyl groups is 2. The van der Waals surface area contributed by atoms with Crippen molar-refractivity contribution >= 4 is 39.2 Å². The van der Waals surface area contributed by atoms with Gasteiger partial charge in [0.25, 0.3) is 0 Å². The third kappa shape index (κ3) is 16.8. The number of carboxylic acid groups (broad SMARTS) is 1. The summed E-state index contributed by atoms with van der Waals surface area (Å²) in [6.45, 7) is -3.33. The minimum Gasteiger partial charge on any atom is -0.768 e. The fraction of sp³-hybridized carbons (Fsp3) is 0.714. The Balaban J connectivity index is -0.0000000866. The number of halogens is 6. The summed E-state index contributed by atoms with van der Waals surface area (Å²) >= 11 is -10.9. The number of aliphatic carboxylic acids is 1. The molecule has 0 amide bonds.